The predicted octanol–water partition coefficient (Wildman–Crippen LogP) is 1.48. The molecule has 98 valence electrons. The molecule has 6 nitrogen and oxygen atoms in total. The monoisotopic (exact) mass is 259 g/mol. The Hall–Kier alpha value is -2.50. The van der Waals surface area contributed by atoms with E-state index in [1.165, 1.54) is 12.3 Å². The van der Waals surface area contributed by atoms with Crippen molar-refractivity contribution in [3.05, 3.63) is 58.5 Å². The quantitative estimate of drug-likeness (QED) is 0.602. The van der Waals surface area contributed by atoms with Crippen LogP contribution < -0.4 is 9.88 Å². The molecule has 0 bridgehead atoms. The molecule has 0 fully saturated rings. The Kier molecular flexibility index (Phi) is 4.02. The van der Waals surface area contributed by atoms with Crippen LogP contribution in [0.1, 0.15) is 5.69 Å². The van der Waals surface area contributed by atoms with Gasteiger partial charge in [0.15, 0.2) is 6.20 Å². The highest BCUT2D eigenvalue weighted by molar-refractivity contribution is 5.36. The van der Waals surface area contributed by atoms with Crippen LogP contribution in [0.3, 0.4) is 0 Å². The lowest BCUT2D eigenvalue weighted by molar-refractivity contribution is -0.414. The van der Waals surface area contributed by atoms with Gasteiger partial charge in [-0.2, -0.15) is 0 Å². The van der Waals surface area contributed by atoms with Gasteiger partial charge in [0, 0.05) is 30.4 Å². The van der Waals surface area contributed by atoms with Crippen molar-refractivity contribution in [1.29, 1.82) is 0 Å². The SMILES string of the molecule is CN(CCc1ccccn1)c1ccc([N+](=O)[O-])c[nH+]1. The number of pyridine rings is 2. The fourth-order valence-corrected chi connectivity index (χ4v) is 1.71. The number of nitrogens with one attached hydrogen (secondary N) is 1. The Morgan fingerprint density at radius 3 is 2.79 bits per heavy atom. The van der Waals surface area contributed by atoms with Crippen molar-refractivity contribution in [2.75, 3.05) is 18.5 Å². The number of rotatable bonds is 5. The summed E-state index contributed by atoms with van der Waals surface area (Å²) in [5.41, 5.74) is 1.08. The molecule has 0 saturated carbocycles. The van der Waals surface area contributed by atoms with Crippen molar-refractivity contribution >= 4 is 11.5 Å². The number of aromatic amines is 1. The Bertz CT molecular complexity index is 542. The lowest BCUT2D eigenvalue weighted by Gasteiger charge is -2.10. The summed E-state index contributed by atoms with van der Waals surface area (Å²) in [5, 5.41) is 10.6. The second kappa shape index (κ2) is 5.90. The highest BCUT2D eigenvalue weighted by Gasteiger charge is 2.13. The van der Waals surface area contributed by atoms with Gasteiger partial charge in [-0.25, -0.2) is 4.98 Å². The minimum absolute atomic E-state index is 0.0573. The van der Waals surface area contributed by atoms with E-state index in [9.17, 15) is 10.1 Å². The first-order valence-electron chi connectivity index (χ1n) is 5.94. The maximum Gasteiger partial charge on any atom is 0.308 e. The molecule has 0 amide bonds. The second-order valence-corrected chi connectivity index (χ2v) is 4.18. The van der Waals surface area contributed by atoms with E-state index >= 15 is 0 Å². The second-order valence-electron chi connectivity index (χ2n) is 4.18. The van der Waals surface area contributed by atoms with Gasteiger partial charge in [-0.15, -0.1) is 0 Å². The zero-order chi connectivity index (χ0) is 13.7. The average molecular weight is 259 g/mol. The zero-order valence-electron chi connectivity index (χ0n) is 10.6. The Morgan fingerprint density at radius 1 is 1.37 bits per heavy atom. The minimum atomic E-state index is -0.422. The van der Waals surface area contributed by atoms with Crippen molar-refractivity contribution in [2.24, 2.45) is 0 Å². The molecule has 0 atom stereocenters. The van der Waals surface area contributed by atoms with Crippen LogP contribution in [0.5, 0.6) is 0 Å². The van der Waals surface area contributed by atoms with Gasteiger partial charge in [-0.05, 0) is 12.1 Å². The highest BCUT2D eigenvalue weighted by Crippen LogP contribution is 2.11. The van der Waals surface area contributed by atoms with Crippen LogP contribution in [-0.2, 0) is 6.42 Å². The van der Waals surface area contributed by atoms with Gasteiger partial charge in [0.1, 0.15) is 0 Å². The fraction of sp³-hybridized carbons (Fsp3) is 0.231. The van der Waals surface area contributed by atoms with E-state index in [0.29, 0.717) is 0 Å². The zero-order valence-corrected chi connectivity index (χ0v) is 10.6. The van der Waals surface area contributed by atoms with E-state index in [1.807, 2.05) is 30.1 Å². The summed E-state index contributed by atoms with van der Waals surface area (Å²) in [5.74, 6) is 0.835. The summed E-state index contributed by atoms with van der Waals surface area (Å²) in [6, 6.07) is 9.02. The summed E-state index contributed by atoms with van der Waals surface area (Å²) in [4.78, 5) is 19.3. The van der Waals surface area contributed by atoms with E-state index in [2.05, 4.69) is 9.97 Å². The van der Waals surface area contributed by atoms with E-state index in [-0.39, 0.29) is 5.69 Å². The maximum atomic E-state index is 10.6. The molecule has 0 spiro atoms. The number of likely N-dealkylation sites (N-methyl/N-ethyl adjacent to an activating group) is 1. The van der Waals surface area contributed by atoms with Crippen LogP contribution in [0, 0.1) is 10.1 Å². The van der Waals surface area contributed by atoms with Gasteiger partial charge < -0.3 is 0 Å². The van der Waals surface area contributed by atoms with E-state index in [4.69, 9.17) is 0 Å². The molecular formula is C13H15N4O2+. The normalized spacial score (nSPS) is 10.2. The molecule has 0 aliphatic heterocycles. The molecule has 2 heterocycles. The Morgan fingerprint density at radius 2 is 2.21 bits per heavy atom. The third-order valence-corrected chi connectivity index (χ3v) is 2.83. The predicted molar refractivity (Wildman–Crippen MR) is 70.9 cm³/mol. The van der Waals surface area contributed by atoms with E-state index < -0.39 is 4.92 Å². The number of anilines is 1. The molecule has 2 rings (SSSR count). The first-order chi connectivity index (χ1) is 9.16. The first kappa shape index (κ1) is 12.9. The number of hydrogen-bond donors (Lipinski definition) is 0. The van der Waals surface area contributed by atoms with Gasteiger partial charge >= 0.3 is 5.69 Å². The van der Waals surface area contributed by atoms with Crippen LogP contribution in [0.25, 0.3) is 0 Å². The average Bonchev–Trinajstić information content (AvgIpc) is 2.46. The van der Waals surface area contributed by atoms with Crippen molar-refractivity contribution < 1.29 is 9.91 Å². The maximum absolute atomic E-state index is 10.6. The number of hydrogen-bond acceptors (Lipinski definition) is 4. The van der Waals surface area contributed by atoms with Gasteiger partial charge in [0.05, 0.1) is 18.5 Å². The summed E-state index contributed by atoms with van der Waals surface area (Å²) < 4.78 is 0. The van der Waals surface area contributed by atoms with Gasteiger partial charge in [0.25, 0.3) is 5.82 Å². The van der Waals surface area contributed by atoms with Gasteiger partial charge in [-0.3, -0.25) is 20.0 Å². The van der Waals surface area contributed by atoms with Crippen molar-refractivity contribution in [3.63, 3.8) is 0 Å². The topological polar surface area (TPSA) is 73.4 Å². The fourth-order valence-electron chi connectivity index (χ4n) is 1.71. The van der Waals surface area contributed by atoms with Gasteiger partial charge in [-0.1, -0.05) is 6.07 Å². The highest BCUT2D eigenvalue weighted by atomic mass is 16.6. The number of H-pyrrole nitrogens is 1. The summed E-state index contributed by atoms with van der Waals surface area (Å²) >= 11 is 0. The summed E-state index contributed by atoms with van der Waals surface area (Å²) in [7, 11) is 1.93. The number of nitrogens with zero attached hydrogens (tertiary/aromatic N) is 3. The van der Waals surface area contributed by atoms with Crippen molar-refractivity contribution in [3.8, 4) is 0 Å². The molecule has 2 aromatic rings. The van der Waals surface area contributed by atoms with Crippen LogP contribution in [0.4, 0.5) is 11.5 Å². The molecule has 0 aromatic carbocycles. The van der Waals surface area contributed by atoms with Gasteiger partial charge in [0.2, 0.25) is 0 Å². The third kappa shape index (κ3) is 3.48. The molecule has 6 heteroatoms. The standard InChI is InChI=1S/C13H14N4O2/c1-16(9-7-11-4-2-3-8-14-11)13-6-5-12(10-15-13)17(18)19/h2-6,8,10H,7,9H2,1H3/p+1. The Balaban J connectivity index is 1.96. The molecule has 2 aromatic heterocycles. The molecule has 19 heavy (non-hydrogen) atoms. The molecule has 0 unspecified atom stereocenters. The summed E-state index contributed by atoms with van der Waals surface area (Å²) in [6.07, 6.45) is 3.99. The molecule has 0 aliphatic rings. The first-order valence-corrected chi connectivity index (χ1v) is 5.94. The lowest BCUT2D eigenvalue weighted by atomic mass is 10.2. The molecule has 0 radical (unpaired) electrons. The molecular weight excluding hydrogens is 244 g/mol. The smallest absolute Gasteiger partial charge is 0.264 e. The van der Waals surface area contributed by atoms with Crippen LogP contribution in [0.15, 0.2) is 42.7 Å². The Labute approximate surface area is 110 Å². The third-order valence-electron chi connectivity index (χ3n) is 2.83. The molecule has 1 N–H and O–H groups in total. The molecule has 0 saturated heterocycles. The minimum Gasteiger partial charge on any atom is -0.264 e. The number of aromatic nitrogens is 2. The lowest BCUT2D eigenvalue weighted by Crippen LogP contribution is -2.27. The summed E-state index contributed by atoms with van der Waals surface area (Å²) in [6.45, 7) is 0.783. The van der Waals surface area contributed by atoms with Crippen molar-refractivity contribution in [2.45, 2.75) is 6.42 Å². The van der Waals surface area contributed by atoms with Crippen LogP contribution >= 0.6 is 0 Å². The van der Waals surface area contributed by atoms with Crippen LogP contribution in [-0.4, -0.2) is 23.5 Å². The van der Waals surface area contributed by atoms with E-state index in [0.717, 1.165) is 24.5 Å². The van der Waals surface area contributed by atoms with E-state index in [1.54, 1.807) is 12.3 Å². The van der Waals surface area contributed by atoms with Crippen LogP contribution in [0.2, 0.25) is 0 Å². The largest absolute Gasteiger partial charge is 0.308 e. The van der Waals surface area contributed by atoms with Crippen molar-refractivity contribution in [1.82, 2.24) is 4.98 Å². The number of nitro groups is 1. The molecule has 0 aliphatic carbocycles.